The summed E-state index contributed by atoms with van der Waals surface area (Å²) in [5.41, 5.74) is 0.552. The third kappa shape index (κ3) is 5.51. The largest absolute Gasteiger partial charge is 0.497 e. The van der Waals surface area contributed by atoms with Crippen molar-refractivity contribution in [2.24, 2.45) is 5.92 Å². The molecule has 154 valence electrons. The monoisotopic (exact) mass is 391 g/mol. The third-order valence-corrected chi connectivity index (χ3v) is 5.23. The summed E-state index contributed by atoms with van der Waals surface area (Å²) in [5, 5.41) is 14.9. The number of aliphatic carboxylic acids is 1. The maximum absolute atomic E-state index is 12.4. The number of nitrogens with zero attached hydrogens (tertiary/aromatic N) is 1. The molecule has 2 aliphatic rings. The van der Waals surface area contributed by atoms with E-state index >= 15 is 0 Å². The number of anilines is 1. The van der Waals surface area contributed by atoms with Crippen molar-refractivity contribution in [2.75, 3.05) is 32.1 Å². The number of rotatable bonds is 10. The SMILES string of the molecule is CCOc1ccc(OC)cc1NC(=O)NC1CC(N(CC(=O)O)CC2CC2)C1. The molecule has 2 amide bonds. The van der Waals surface area contributed by atoms with Gasteiger partial charge >= 0.3 is 12.0 Å². The molecule has 0 aliphatic heterocycles. The second-order valence-corrected chi connectivity index (χ2v) is 7.48. The number of hydrogen-bond donors (Lipinski definition) is 3. The molecule has 0 spiro atoms. The lowest BCUT2D eigenvalue weighted by Gasteiger charge is -2.42. The summed E-state index contributed by atoms with van der Waals surface area (Å²) in [6, 6.07) is 5.22. The molecule has 3 N–H and O–H groups in total. The topological polar surface area (TPSA) is 100 Å². The van der Waals surface area contributed by atoms with Crippen LogP contribution in [0, 0.1) is 5.92 Å². The highest BCUT2D eigenvalue weighted by Crippen LogP contribution is 2.34. The predicted molar refractivity (Wildman–Crippen MR) is 105 cm³/mol. The van der Waals surface area contributed by atoms with Gasteiger partial charge in [0.05, 0.1) is 25.9 Å². The smallest absolute Gasteiger partial charge is 0.319 e. The number of carbonyl (C=O) groups is 2. The van der Waals surface area contributed by atoms with Crippen LogP contribution in [-0.2, 0) is 4.79 Å². The molecule has 0 radical (unpaired) electrons. The van der Waals surface area contributed by atoms with Crippen LogP contribution in [0.25, 0.3) is 0 Å². The van der Waals surface area contributed by atoms with E-state index in [2.05, 4.69) is 10.6 Å². The van der Waals surface area contributed by atoms with Crippen molar-refractivity contribution in [3.8, 4) is 11.5 Å². The number of benzene rings is 1. The molecular formula is C20H29N3O5. The van der Waals surface area contributed by atoms with E-state index in [1.165, 1.54) is 12.8 Å². The van der Waals surface area contributed by atoms with Gasteiger partial charge in [-0.15, -0.1) is 0 Å². The minimum Gasteiger partial charge on any atom is -0.497 e. The Hall–Kier alpha value is -2.48. The Kier molecular flexibility index (Phi) is 6.61. The van der Waals surface area contributed by atoms with Crippen molar-refractivity contribution in [1.29, 1.82) is 0 Å². The summed E-state index contributed by atoms with van der Waals surface area (Å²) >= 11 is 0. The Balaban J connectivity index is 1.50. The van der Waals surface area contributed by atoms with E-state index in [1.807, 2.05) is 11.8 Å². The van der Waals surface area contributed by atoms with Crippen LogP contribution >= 0.6 is 0 Å². The summed E-state index contributed by atoms with van der Waals surface area (Å²) in [6.45, 7) is 3.29. The van der Waals surface area contributed by atoms with Crippen LogP contribution in [0.2, 0.25) is 0 Å². The van der Waals surface area contributed by atoms with Crippen LogP contribution in [0.1, 0.15) is 32.6 Å². The third-order valence-electron chi connectivity index (χ3n) is 5.23. The molecule has 3 rings (SSSR count). The number of methoxy groups -OCH3 is 1. The van der Waals surface area contributed by atoms with E-state index < -0.39 is 5.97 Å². The molecular weight excluding hydrogens is 362 g/mol. The van der Waals surface area contributed by atoms with Gasteiger partial charge in [0.15, 0.2) is 0 Å². The zero-order chi connectivity index (χ0) is 20.1. The molecule has 1 aromatic rings. The lowest BCUT2D eigenvalue weighted by atomic mass is 9.85. The Bertz CT molecular complexity index is 701. The fourth-order valence-electron chi connectivity index (χ4n) is 3.51. The number of carboxylic acid groups (broad SMARTS) is 1. The van der Waals surface area contributed by atoms with Crippen LogP contribution in [0.3, 0.4) is 0 Å². The molecule has 2 fully saturated rings. The summed E-state index contributed by atoms with van der Waals surface area (Å²) in [7, 11) is 1.57. The Morgan fingerprint density at radius 3 is 2.64 bits per heavy atom. The Labute approximate surface area is 165 Å². The van der Waals surface area contributed by atoms with Gasteiger partial charge in [0.1, 0.15) is 11.5 Å². The van der Waals surface area contributed by atoms with Gasteiger partial charge in [-0.2, -0.15) is 0 Å². The molecule has 28 heavy (non-hydrogen) atoms. The molecule has 8 heteroatoms. The maximum Gasteiger partial charge on any atom is 0.319 e. The number of carbonyl (C=O) groups excluding carboxylic acids is 1. The van der Waals surface area contributed by atoms with Crippen LogP contribution < -0.4 is 20.1 Å². The first kappa shape index (κ1) is 20.3. The summed E-state index contributed by atoms with van der Waals surface area (Å²) in [4.78, 5) is 25.5. The van der Waals surface area contributed by atoms with Crippen molar-refractivity contribution >= 4 is 17.7 Å². The van der Waals surface area contributed by atoms with Crippen molar-refractivity contribution < 1.29 is 24.2 Å². The lowest BCUT2D eigenvalue weighted by molar-refractivity contribution is -0.139. The van der Waals surface area contributed by atoms with E-state index in [0.29, 0.717) is 29.7 Å². The Morgan fingerprint density at radius 1 is 1.29 bits per heavy atom. The molecule has 0 atom stereocenters. The van der Waals surface area contributed by atoms with E-state index in [4.69, 9.17) is 14.6 Å². The van der Waals surface area contributed by atoms with Gasteiger partial charge in [0.2, 0.25) is 0 Å². The van der Waals surface area contributed by atoms with Gasteiger partial charge in [-0.25, -0.2) is 4.79 Å². The predicted octanol–water partition coefficient (Wildman–Crippen LogP) is 2.54. The van der Waals surface area contributed by atoms with E-state index in [1.54, 1.807) is 25.3 Å². The summed E-state index contributed by atoms with van der Waals surface area (Å²) < 4.78 is 10.8. The first-order valence-electron chi connectivity index (χ1n) is 9.82. The Morgan fingerprint density at radius 2 is 2.04 bits per heavy atom. The molecule has 8 nitrogen and oxygen atoms in total. The number of urea groups is 1. The zero-order valence-corrected chi connectivity index (χ0v) is 16.4. The molecule has 0 aromatic heterocycles. The fraction of sp³-hybridized carbons (Fsp3) is 0.600. The van der Waals surface area contributed by atoms with Gasteiger partial charge in [-0.05, 0) is 50.7 Å². The molecule has 0 heterocycles. The van der Waals surface area contributed by atoms with Gasteiger partial charge in [-0.1, -0.05) is 0 Å². The second kappa shape index (κ2) is 9.14. The molecule has 0 unspecified atom stereocenters. The van der Waals surface area contributed by atoms with Crippen molar-refractivity contribution in [2.45, 2.75) is 44.7 Å². The van der Waals surface area contributed by atoms with Crippen molar-refractivity contribution in [1.82, 2.24) is 10.2 Å². The zero-order valence-electron chi connectivity index (χ0n) is 16.4. The standard InChI is InChI=1S/C20H29N3O5/c1-3-28-18-7-6-16(27-2)10-17(18)22-20(26)21-14-8-15(9-14)23(12-19(24)25)11-13-4-5-13/h6-7,10,13-15H,3-5,8-9,11-12H2,1-2H3,(H,24,25)(H2,21,22,26). The van der Waals surface area contributed by atoms with E-state index in [9.17, 15) is 9.59 Å². The maximum atomic E-state index is 12.4. The van der Waals surface area contributed by atoms with E-state index in [-0.39, 0.29) is 24.7 Å². The van der Waals surface area contributed by atoms with Gasteiger partial charge in [0, 0.05) is 24.7 Å². The first-order valence-corrected chi connectivity index (χ1v) is 9.82. The number of nitrogens with one attached hydrogen (secondary N) is 2. The van der Waals surface area contributed by atoms with Crippen molar-refractivity contribution in [3.05, 3.63) is 18.2 Å². The number of carboxylic acids is 1. The number of ether oxygens (including phenoxy) is 2. The molecule has 0 bridgehead atoms. The highest BCUT2D eigenvalue weighted by molar-refractivity contribution is 5.91. The highest BCUT2D eigenvalue weighted by Gasteiger charge is 2.37. The van der Waals surface area contributed by atoms with E-state index in [0.717, 1.165) is 19.4 Å². The minimum absolute atomic E-state index is 0.0432. The fourth-order valence-corrected chi connectivity index (χ4v) is 3.51. The normalized spacial score (nSPS) is 21.0. The second-order valence-electron chi connectivity index (χ2n) is 7.48. The minimum atomic E-state index is -0.795. The van der Waals surface area contributed by atoms with Crippen LogP contribution in [0.15, 0.2) is 18.2 Å². The average Bonchev–Trinajstić information content (AvgIpc) is 3.42. The van der Waals surface area contributed by atoms with Crippen molar-refractivity contribution in [3.63, 3.8) is 0 Å². The lowest BCUT2D eigenvalue weighted by Crippen LogP contribution is -2.55. The molecule has 0 saturated heterocycles. The number of hydrogen-bond acceptors (Lipinski definition) is 5. The highest BCUT2D eigenvalue weighted by atomic mass is 16.5. The van der Waals surface area contributed by atoms with Gasteiger partial charge < -0.3 is 25.2 Å². The van der Waals surface area contributed by atoms with Crippen LogP contribution in [0.4, 0.5) is 10.5 Å². The first-order chi connectivity index (χ1) is 13.5. The van der Waals surface area contributed by atoms with Crippen LogP contribution in [-0.4, -0.2) is 60.9 Å². The molecule has 2 aliphatic carbocycles. The molecule has 2 saturated carbocycles. The van der Waals surface area contributed by atoms with Gasteiger partial charge in [-0.3, -0.25) is 9.69 Å². The summed E-state index contributed by atoms with van der Waals surface area (Å²) in [5.74, 6) is 1.06. The van der Waals surface area contributed by atoms with Gasteiger partial charge in [0.25, 0.3) is 0 Å². The quantitative estimate of drug-likeness (QED) is 0.567. The molecule has 1 aromatic carbocycles. The van der Waals surface area contributed by atoms with Crippen LogP contribution in [0.5, 0.6) is 11.5 Å². The number of amides is 2. The average molecular weight is 391 g/mol. The summed E-state index contributed by atoms with van der Waals surface area (Å²) in [6.07, 6.45) is 3.92.